The lowest BCUT2D eigenvalue weighted by Gasteiger charge is -2.35. The van der Waals surface area contributed by atoms with Gasteiger partial charge in [-0.15, -0.1) is 0 Å². The highest BCUT2D eigenvalue weighted by atomic mass is 19.1. The molecular weight excluding hydrogens is 519 g/mol. The number of hydrogen-bond donors (Lipinski definition) is 1. The van der Waals surface area contributed by atoms with E-state index in [4.69, 9.17) is 4.74 Å². The number of nitrogens with zero attached hydrogens (tertiary/aromatic N) is 3. The summed E-state index contributed by atoms with van der Waals surface area (Å²) in [5.74, 6) is -0.728. The number of fused-ring (bicyclic) bond motifs is 2. The van der Waals surface area contributed by atoms with E-state index in [1.54, 1.807) is 31.7 Å². The lowest BCUT2D eigenvalue weighted by molar-refractivity contribution is -0.128. The van der Waals surface area contributed by atoms with E-state index in [-0.39, 0.29) is 30.1 Å². The maximum Gasteiger partial charge on any atom is 0.411 e. The van der Waals surface area contributed by atoms with Gasteiger partial charge in [0, 0.05) is 32.1 Å². The molecule has 2 aromatic rings. The second-order valence-corrected chi connectivity index (χ2v) is 12.5. The number of nitrogens with one attached hydrogen (secondary N) is 1. The van der Waals surface area contributed by atoms with Gasteiger partial charge < -0.3 is 10.1 Å². The van der Waals surface area contributed by atoms with E-state index >= 15 is 4.39 Å². The maximum absolute atomic E-state index is 15.2. The minimum absolute atomic E-state index is 0.0318. The molecule has 1 saturated heterocycles. The number of likely N-dealkylation sites (tertiary alicyclic amines) is 1. The molecule has 2 aromatic carbocycles. The Hall–Kier alpha value is -3.70. The van der Waals surface area contributed by atoms with Crippen molar-refractivity contribution in [3.05, 3.63) is 77.1 Å². The highest BCUT2D eigenvalue weighted by Crippen LogP contribution is 2.43. The summed E-state index contributed by atoms with van der Waals surface area (Å²) in [6, 6.07) is 16.0. The van der Waals surface area contributed by atoms with E-state index in [1.807, 2.05) is 24.3 Å². The second-order valence-electron chi connectivity index (χ2n) is 12.5. The molecule has 4 atom stereocenters. The smallest absolute Gasteiger partial charge is 0.411 e. The predicted octanol–water partition coefficient (Wildman–Crippen LogP) is 5.45. The van der Waals surface area contributed by atoms with Crippen molar-refractivity contribution in [2.24, 2.45) is 5.92 Å². The third-order valence-corrected chi connectivity index (χ3v) is 8.32. The van der Waals surface area contributed by atoms with Gasteiger partial charge in [0.1, 0.15) is 23.5 Å². The number of benzene rings is 2. The normalized spacial score (nSPS) is 23.0. The number of halogens is 1. The molecule has 3 aliphatic rings. The first-order chi connectivity index (χ1) is 19.6. The van der Waals surface area contributed by atoms with Crippen LogP contribution in [0.2, 0.25) is 0 Å². The lowest BCUT2D eigenvalue weighted by atomic mass is 9.95. The number of piperidine rings is 1. The summed E-state index contributed by atoms with van der Waals surface area (Å²) < 4.78 is 20.8. The predicted molar refractivity (Wildman–Crippen MR) is 155 cm³/mol. The molecule has 5 rings (SSSR count). The van der Waals surface area contributed by atoms with Crippen LogP contribution in [0.25, 0.3) is 5.57 Å². The molecule has 2 bridgehead atoms. The molecule has 0 aromatic heterocycles. The Morgan fingerprint density at radius 2 is 1.95 bits per heavy atom. The molecule has 0 spiro atoms. The molecule has 2 fully saturated rings. The molecular formula is C33H39FN4O3. The Balaban J connectivity index is 1.20. The quantitative estimate of drug-likeness (QED) is 0.488. The second kappa shape index (κ2) is 12.0. The third kappa shape index (κ3) is 6.79. The molecule has 216 valence electrons. The van der Waals surface area contributed by atoms with Crippen LogP contribution in [0.5, 0.6) is 0 Å². The van der Waals surface area contributed by atoms with Crippen LogP contribution in [0.3, 0.4) is 0 Å². The number of carbonyl (C=O) groups is 2. The first-order valence-corrected chi connectivity index (χ1v) is 14.6. The molecule has 1 N–H and O–H groups in total. The van der Waals surface area contributed by atoms with E-state index in [0.29, 0.717) is 5.56 Å². The van der Waals surface area contributed by atoms with Crippen molar-refractivity contribution in [2.45, 2.75) is 83.1 Å². The zero-order valence-electron chi connectivity index (χ0n) is 24.1. The van der Waals surface area contributed by atoms with Crippen LogP contribution in [0.1, 0.15) is 63.1 Å². The number of nitriles is 1. The summed E-state index contributed by atoms with van der Waals surface area (Å²) in [6.45, 7) is 7.98. The van der Waals surface area contributed by atoms with Crippen molar-refractivity contribution in [1.29, 1.82) is 5.26 Å². The van der Waals surface area contributed by atoms with Gasteiger partial charge in [0.2, 0.25) is 5.91 Å². The molecule has 3 unspecified atom stereocenters. The highest BCUT2D eigenvalue weighted by Gasteiger charge is 2.52. The highest BCUT2D eigenvalue weighted by molar-refractivity contribution is 5.87. The number of hydrogen-bond acceptors (Lipinski definition) is 5. The van der Waals surface area contributed by atoms with E-state index in [1.165, 1.54) is 11.6 Å². The van der Waals surface area contributed by atoms with Gasteiger partial charge in [0.05, 0.1) is 6.07 Å². The van der Waals surface area contributed by atoms with Crippen molar-refractivity contribution in [3.63, 3.8) is 0 Å². The number of amides is 2. The van der Waals surface area contributed by atoms with Crippen molar-refractivity contribution in [1.82, 2.24) is 15.1 Å². The van der Waals surface area contributed by atoms with Crippen LogP contribution in [0.4, 0.5) is 9.18 Å². The minimum Gasteiger partial charge on any atom is -0.444 e. The Labute approximate surface area is 242 Å². The number of rotatable bonds is 7. The first kappa shape index (κ1) is 28.8. The average molecular weight is 559 g/mol. The van der Waals surface area contributed by atoms with Crippen LogP contribution in [0, 0.1) is 23.1 Å². The largest absolute Gasteiger partial charge is 0.444 e. The Morgan fingerprint density at radius 3 is 2.61 bits per heavy atom. The van der Waals surface area contributed by atoms with Crippen LogP contribution >= 0.6 is 0 Å². The van der Waals surface area contributed by atoms with Crippen molar-refractivity contribution in [2.75, 3.05) is 13.1 Å². The van der Waals surface area contributed by atoms with E-state index < -0.39 is 23.8 Å². The van der Waals surface area contributed by atoms with E-state index in [0.717, 1.165) is 56.5 Å². The number of ether oxygens (including phenoxy) is 1. The van der Waals surface area contributed by atoms with E-state index in [9.17, 15) is 14.9 Å². The number of carbonyl (C=O) groups excluding carboxylic acids is 2. The summed E-state index contributed by atoms with van der Waals surface area (Å²) in [5, 5.41) is 12.6. The van der Waals surface area contributed by atoms with Crippen LogP contribution in [0.15, 0.2) is 54.6 Å². The summed E-state index contributed by atoms with van der Waals surface area (Å²) >= 11 is 0. The van der Waals surface area contributed by atoms with Gasteiger partial charge in [-0.05, 0) is 80.7 Å². The molecule has 2 heterocycles. The fourth-order valence-electron chi connectivity index (χ4n) is 6.38. The first-order valence-electron chi connectivity index (χ1n) is 14.6. The zero-order chi connectivity index (χ0) is 29.1. The molecule has 1 aliphatic carbocycles. The molecule has 41 heavy (non-hydrogen) atoms. The fourth-order valence-corrected chi connectivity index (χ4v) is 6.38. The minimum atomic E-state index is -0.914. The fraction of sp³-hybridized carbons (Fsp3) is 0.485. The third-order valence-electron chi connectivity index (χ3n) is 8.32. The van der Waals surface area contributed by atoms with Crippen molar-refractivity contribution >= 4 is 17.6 Å². The molecule has 2 amide bonds. The van der Waals surface area contributed by atoms with Gasteiger partial charge in [-0.25, -0.2) is 9.18 Å². The standard InChI is InChI=1S/C33H39FN4O3/c1-33(2,3)41-32(40)38-28-12-11-26(18-28)30(38)31(39)36-27(20-35)17-25-10-9-24(19-29(25)34)23-13-15-37(16-14-23)21-22-7-5-4-6-8-22/h4-10,13,19,26-28,30H,11-12,14-18,21H2,1-3H3,(H,36,39)/t26?,27-,28?,30?/m0/s1. The molecule has 7 nitrogen and oxygen atoms in total. The molecule has 2 aliphatic heterocycles. The zero-order valence-corrected chi connectivity index (χ0v) is 24.1. The summed E-state index contributed by atoms with van der Waals surface area (Å²) in [7, 11) is 0. The molecule has 0 radical (unpaired) electrons. The Kier molecular flexibility index (Phi) is 8.46. The Bertz CT molecular complexity index is 1350. The maximum atomic E-state index is 15.2. The summed E-state index contributed by atoms with van der Waals surface area (Å²) in [6.07, 6.45) is 4.99. The van der Waals surface area contributed by atoms with Crippen LogP contribution < -0.4 is 5.32 Å². The van der Waals surface area contributed by atoms with Gasteiger partial charge in [-0.1, -0.05) is 48.5 Å². The summed E-state index contributed by atoms with van der Waals surface area (Å²) in [4.78, 5) is 30.2. The average Bonchev–Trinajstić information content (AvgIpc) is 3.56. The lowest BCUT2D eigenvalue weighted by Crippen LogP contribution is -2.55. The monoisotopic (exact) mass is 558 g/mol. The Morgan fingerprint density at radius 1 is 1.17 bits per heavy atom. The van der Waals surface area contributed by atoms with Crippen molar-refractivity contribution in [3.8, 4) is 6.07 Å². The SMILES string of the molecule is CC(C)(C)OC(=O)N1C2CCC(C2)C1C(=O)N[C@H](C#N)Cc1ccc(C2=CCN(Cc3ccccc3)CC2)cc1F. The summed E-state index contributed by atoms with van der Waals surface area (Å²) in [5.41, 5.74) is 2.94. The van der Waals surface area contributed by atoms with Gasteiger partial charge in [-0.3, -0.25) is 14.6 Å². The topological polar surface area (TPSA) is 85.7 Å². The van der Waals surface area contributed by atoms with Gasteiger partial charge >= 0.3 is 6.09 Å². The van der Waals surface area contributed by atoms with E-state index in [2.05, 4.69) is 34.5 Å². The van der Waals surface area contributed by atoms with Gasteiger partial charge in [-0.2, -0.15) is 5.26 Å². The van der Waals surface area contributed by atoms with Gasteiger partial charge in [0.15, 0.2) is 0 Å². The molecule has 1 saturated carbocycles. The van der Waals surface area contributed by atoms with Crippen LogP contribution in [-0.4, -0.2) is 58.6 Å². The van der Waals surface area contributed by atoms with Crippen LogP contribution in [-0.2, 0) is 22.5 Å². The van der Waals surface area contributed by atoms with Gasteiger partial charge in [0.25, 0.3) is 0 Å². The van der Waals surface area contributed by atoms with Crippen molar-refractivity contribution < 1.29 is 18.7 Å². The molecule has 8 heteroatoms.